The molecule has 0 aliphatic rings. The molecule has 16 nitrogen and oxygen atoms in total. The first-order valence-electron chi connectivity index (χ1n) is 26.4. The van der Waals surface area contributed by atoms with Crippen LogP contribution in [0, 0.1) is 13.8 Å². The first-order valence-corrected chi connectivity index (χ1v) is 32.4. The topological polar surface area (TPSA) is 241 Å². The predicted molar refractivity (Wildman–Crippen MR) is 268 cm³/mol. The number of alkyl halides is 34. The van der Waals surface area contributed by atoms with Gasteiger partial charge in [-0.05, 0) is 51.0 Å². The summed E-state index contributed by atoms with van der Waals surface area (Å²) in [5.41, 5.74) is 1.86. The summed E-state index contributed by atoms with van der Waals surface area (Å²) in [6, 6.07) is 11.6. The fraction of sp³-hybridized carbons (Fsp3) is 0.625. The predicted octanol–water partition coefficient (Wildman–Crippen LogP) is 13.5. The largest absolute Gasteiger partial charge is 0.744 e. The highest BCUT2D eigenvalue weighted by atomic mass is 32.2. The lowest BCUT2D eigenvalue weighted by molar-refractivity contribution is -0.714. The van der Waals surface area contributed by atoms with Crippen molar-refractivity contribution in [3.8, 4) is 11.6 Å². The summed E-state index contributed by atoms with van der Waals surface area (Å²) in [4.78, 5) is -0.355. The van der Waals surface area contributed by atoms with Crippen LogP contribution in [-0.4, -0.2) is 168 Å². The molecule has 0 saturated carbocycles. The summed E-state index contributed by atoms with van der Waals surface area (Å²) in [6.45, 7) is -1.54. The number of hydrogen-bond acceptors (Lipinski definition) is 10. The van der Waals surface area contributed by atoms with E-state index in [1.807, 2.05) is 13.8 Å². The SMILES string of the molecule is Cc1ccc(S(=O)(=O)[O-])cc1.Cc1ccc(S(=O)(=O)[O-])cc1.O=S(=O)(O)CCC[n+]1ccn(CCCC(F)(F)C(F)(F)C(F)(F)C(F)(F)C(F)(F)C(F)(F)C(F)(F)C(F)(F)F)c1-c1n(CCCC(F)(F)C(F)(F)C(F)(F)C(F)(F)C(F)(F)C(F)(F)C(F)(F)C(F)(F)F)cc[n+]1CCCS(=O)(=O)O. The van der Waals surface area contributed by atoms with E-state index in [1.54, 1.807) is 24.3 Å². The number of rotatable bonds is 31. The quantitative estimate of drug-likeness (QED) is 0.0272. The zero-order valence-electron chi connectivity index (χ0n) is 49.7. The zero-order valence-corrected chi connectivity index (χ0v) is 52.9. The van der Waals surface area contributed by atoms with Gasteiger partial charge in [-0.1, -0.05) is 35.4 Å². The van der Waals surface area contributed by atoms with Gasteiger partial charge in [-0.2, -0.15) is 166 Å². The number of benzene rings is 2. The third-order valence-corrected chi connectivity index (χ3v) is 17.0. The van der Waals surface area contributed by atoms with Crippen molar-refractivity contribution in [1.82, 2.24) is 9.13 Å². The van der Waals surface area contributed by atoms with E-state index in [0.717, 1.165) is 11.1 Å². The molecular weight excluding hydrogens is 1600 g/mol. The van der Waals surface area contributed by atoms with E-state index >= 15 is 0 Å². The van der Waals surface area contributed by atoms with Crippen LogP contribution in [0.25, 0.3) is 11.6 Å². The molecule has 2 aromatic carbocycles. The zero-order chi connectivity index (χ0) is 80.7. The Morgan fingerprint density at radius 3 is 0.765 bits per heavy atom. The average molecular weight is 1640 g/mol. The van der Waals surface area contributed by atoms with E-state index in [-0.39, 0.29) is 18.9 Å². The van der Waals surface area contributed by atoms with Crippen LogP contribution in [0.5, 0.6) is 0 Å². The van der Waals surface area contributed by atoms with Crippen LogP contribution in [0.2, 0.25) is 0 Å². The van der Waals surface area contributed by atoms with Crippen LogP contribution < -0.4 is 9.13 Å². The van der Waals surface area contributed by atoms with Gasteiger partial charge in [0.1, 0.15) is 45.0 Å². The Hall–Kier alpha value is -5.88. The molecule has 2 heterocycles. The lowest BCUT2D eigenvalue weighted by atomic mass is 9.88. The van der Waals surface area contributed by atoms with Crippen molar-refractivity contribution in [2.75, 3.05) is 11.5 Å². The molecule has 0 aliphatic carbocycles. The van der Waals surface area contributed by atoms with Gasteiger partial charge in [-0.3, -0.25) is 9.11 Å². The minimum atomic E-state index is -9.02. The summed E-state index contributed by atoms with van der Waals surface area (Å²) in [6.07, 6.45) is -26.3. The highest BCUT2D eigenvalue weighted by Crippen LogP contribution is 2.66. The van der Waals surface area contributed by atoms with Crippen molar-refractivity contribution in [1.29, 1.82) is 0 Å². The molecule has 0 radical (unpaired) electrons. The van der Waals surface area contributed by atoms with Crippen LogP contribution in [0.3, 0.4) is 0 Å². The smallest absolute Gasteiger partial charge is 0.460 e. The van der Waals surface area contributed by atoms with Gasteiger partial charge in [0.15, 0.2) is 0 Å². The van der Waals surface area contributed by atoms with Gasteiger partial charge in [0.2, 0.25) is 0 Å². The van der Waals surface area contributed by atoms with Crippen molar-refractivity contribution in [3.63, 3.8) is 0 Å². The van der Waals surface area contributed by atoms with Crippen LogP contribution >= 0.6 is 0 Å². The minimum absolute atomic E-state index is 0.178. The Morgan fingerprint density at radius 2 is 0.559 bits per heavy atom. The Morgan fingerprint density at radius 1 is 0.343 bits per heavy atom. The fourth-order valence-electron chi connectivity index (χ4n) is 8.06. The molecule has 2 aromatic heterocycles. The molecule has 0 saturated heterocycles. The molecule has 0 atom stereocenters. The second-order valence-electron chi connectivity index (χ2n) is 21.3. The lowest BCUT2D eigenvalue weighted by Gasteiger charge is -2.42. The van der Waals surface area contributed by atoms with Crippen molar-refractivity contribution in [2.24, 2.45) is 0 Å². The summed E-state index contributed by atoms with van der Waals surface area (Å²) in [5, 5.41) is 0. The molecule has 4 aromatic rings. The van der Waals surface area contributed by atoms with Crippen LogP contribution in [0.1, 0.15) is 49.7 Å². The first kappa shape index (κ1) is 92.2. The second kappa shape index (κ2) is 29.8. The molecule has 0 amide bonds. The van der Waals surface area contributed by atoms with E-state index in [0.29, 0.717) is 33.9 Å². The van der Waals surface area contributed by atoms with Gasteiger partial charge in [-0.25, -0.2) is 35.1 Å². The third kappa shape index (κ3) is 18.5. The van der Waals surface area contributed by atoms with Gasteiger partial charge in [0, 0.05) is 25.7 Å². The molecule has 0 spiro atoms. The van der Waals surface area contributed by atoms with E-state index in [2.05, 4.69) is 0 Å². The van der Waals surface area contributed by atoms with Crippen molar-refractivity contribution in [3.05, 3.63) is 84.4 Å². The maximum absolute atomic E-state index is 14.9. The average Bonchev–Trinajstić information content (AvgIpc) is 0.864. The monoisotopic (exact) mass is 1640 g/mol. The molecule has 2 N–H and O–H groups in total. The molecule has 102 heavy (non-hydrogen) atoms. The molecule has 590 valence electrons. The normalized spacial score (nSPS) is 14.9. The molecule has 0 aliphatic heterocycles. The second-order valence-corrected chi connectivity index (χ2v) is 27.2. The van der Waals surface area contributed by atoms with E-state index in [4.69, 9.17) is 9.11 Å². The minimum Gasteiger partial charge on any atom is -0.744 e. The standard InChI is InChI=1S/C34H28F34N4O6S2.2C7H8O3S/c35-19(36,21(39,40)23(43,44)25(47,48)27(51,52)29(55,56)31(59,60)33(63,64)65)5-1-7-69-11-13-71(9-3-15-79(73,74)75)17(69)18-70(12-14-72(18)10-4-16-80(76,77)78)8-2-6-20(37,38)22(41,42)24(45,46)26(49,50)28(53,54)30(57,58)32(61,62)34(66,67)68;2*1-6-2-4-7(5-3-6)11(8,9)10/h11-14H,1-10,15-16H2;2*2-5H,1H3,(H,8,9,10). The summed E-state index contributed by atoms with van der Waals surface area (Å²) in [5.74, 6) is -123. The fourth-order valence-corrected chi connectivity index (χ4v) is 9.99. The Kier molecular flexibility index (Phi) is 26.9. The molecule has 0 unspecified atom stereocenters. The number of hydrogen-bond donors (Lipinski definition) is 2. The molecule has 4 rings (SSSR count). The number of imidazole rings is 2. The maximum atomic E-state index is 14.9. The van der Waals surface area contributed by atoms with Crippen molar-refractivity contribution in [2.45, 2.75) is 184 Å². The van der Waals surface area contributed by atoms with Gasteiger partial charge in [0.25, 0.3) is 20.2 Å². The Balaban J connectivity index is 0.00000135. The van der Waals surface area contributed by atoms with Crippen LogP contribution in [0.4, 0.5) is 149 Å². The highest BCUT2D eigenvalue weighted by molar-refractivity contribution is 7.86. The first-order chi connectivity index (χ1) is 44.8. The Labute approximate surface area is 549 Å². The van der Waals surface area contributed by atoms with Gasteiger partial charge in [-0.15, -0.1) is 0 Å². The van der Waals surface area contributed by atoms with Gasteiger partial charge in [0.05, 0.1) is 47.5 Å². The van der Waals surface area contributed by atoms with Gasteiger partial charge < -0.3 is 9.11 Å². The number of aryl methyl sites for hydroxylation is 6. The lowest BCUT2D eigenvalue weighted by Crippen LogP contribution is -2.74. The third-order valence-electron chi connectivity index (χ3n) is 13.7. The van der Waals surface area contributed by atoms with E-state index < -0.39 is 224 Å². The highest BCUT2D eigenvalue weighted by Gasteiger charge is 2.97. The summed E-state index contributed by atoms with van der Waals surface area (Å²) >= 11 is 0. The van der Waals surface area contributed by atoms with E-state index in [1.165, 1.54) is 24.3 Å². The van der Waals surface area contributed by atoms with E-state index in [9.17, 15) is 192 Å². The molecule has 54 heteroatoms. The van der Waals surface area contributed by atoms with Gasteiger partial charge >= 0.3 is 107 Å². The maximum Gasteiger partial charge on any atom is 0.460 e. The Bertz CT molecular complexity index is 3740. The summed E-state index contributed by atoms with van der Waals surface area (Å²) in [7, 11) is -18.6. The van der Waals surface area contributed by atoms with Crippen molar-refractivity contribution >= 4 is 40.5 Å². The molecular formula is C48H44F34N4O12S4. The van der Waals surface area contributed by atoms with Crippen LogP contribution in [-0.2, 0) is 66.7 Å². The molecule has 0 fully saturated rings. The van der Waals surface area contributed by atoms with Crippen LogP contribution in [0.15, 0.2) is 83.1 Å². The van der Waals surface area contributed by atoms with Crippen molar-refractivity contribution < 1.29 is 210 Å². The summed E-state index contributed by atoms with van der Waals surface area (Å²) < 4.78 is 598. The number of halogens is 34. The molecule has 0 bridgehead atoms. The number of nitrogens with zero attached hydrogens (tertiary/aromatic N) is 4. The number of aromatic nitrogens is 4.